The van der Waals surface area contributed by atoms with Gasteiger partial charge in [-0.1, -0.05) is 5.16 Å². The third kappa shape index (κ3) is 2.98. The lowest BCUT2D eigenvalue weighted by Gasteiger charge is -2.09. The van der Waals surface area contributed by atoms with Crippen molar-refractivity contribution in [2.75, 3.05) is 5.73 Å². The molecule has 1 aromatic heterocycles. The van der Waals surface area contributed by atoms with Gasteiger partial charge < -0.3 is 10.3 Å². The van der Waals surface area contributed by atoms with Crippen LogP contribution in [0.2, 0.25) is 0 Å². The first-order valence-corrected chi connectivity index (χ1v) is 5.94. The van der Waals surface area contributed by atoms with Crippen molar-refractivity contribution in [3.05, 3.63) is 41.8 Å². The first kappa shape index (κ1) is 12.8. The number of nitrogens with zero attached hydrogens (tertiary/aromatic N) is 1. The topological polar surface area (TPSA) is 52.0 Å². The summed E-state index contributed by atoms with van der Waals surface area (Å²) in [6.07, 6.45) is -2.87. The molecule has 2 N–H and O–H groups in total. The van der Waals surface area contributed by atoms with E-state index < -0.39 is 11.7 Å². The van der Waals surface area contributed by atoms with E-state index in [1.165, 1.54) is 24.0 Å². The maximum absolute atomic E-state index is 12.4. The van der Waals surface area contributed by atoms with E-state index in [4.69, 9.17) is 10.3 Å². The summed E-state index contributed by atoms with van der Waals surface area (Å²) in [4.78, 5) is 0.583. The summed E-state index contributed by atoms with van der Waals surface area (Å²) in [7, 11) is 0. The highest BCUT2D eigenvalue weighted by atomic mass is 32.2. The van der Waals surface area contributed by atoms with E-state index in [0.29, 0.717) is 16.4 Å². The smallest absolute Gasteiger partial charge is 0.398 e. The number of rotatable bonds is 3. The highest BCUT2D eigenvalue weighted by Crippen LogP contribution is 2.35. The minimum Gasteiger partial charge on any atom is -0.398 e. The second kappa shape index (κ2) is 4.93. The Morgan fingerprint density at radius 2 is 2.06 bits per heavy atom. The predicted octanol–water partition coefficient (Wildman–Crippen LogP) is 3.57. The second-order valence-corrected chi connectivity index (χ2v) is 4.53. The third-order valence-electron chi connectivity index (χ3n) is 2.20. The van der Waals surface area contributed by atoms with E-state index in [9.17, 15) is 13.2 Å². The van der Waals surface area contributed by atoms with Crippen LogP contribution in [0.4, 0.5) is 18.9 Å². The zero-order valence-electron chi connectivity index (χ0n) is 9.07. The van der Waals surface area contributed by atoms with Gasteiger partial charge in [-0.3, -0.25) is 0 Å². The molecule has 7 heteroatoms. The van der Waals surface area contributed by atoms with Crippen molar-refractivity contribution in [3.8, 4) is 0 Å². The molecule has 3 nitrogen and oxygen atoms in total. The Kier molecular flexibility index (Phi) is 3.51. The largest absolute Gasteiger partial charge is 0.416 e. The van der Waals surface area contributed by atoms with E-state index in [2.05, 4.69) is 5.16 Å². The molecule has 1 heterocycles. The van der Waals surface area contributed by atoms with Gasteiger partial charge in [-0.05, 0) is 18.2 Å². The number of halogens is 3. The molecule has 1 aromatic carbocycles. The number of nitrogen functional groups attached to an aromatic ring is 1. The van der Waals surface area contributed by atoms with Crippen LogP contribution >= 0.6 is 11.8 Å². The predicted molar refractivity (Wildman–Crippen MR) is 61.9 cm³/mol. The summed E-state index contributed by atoms with van der Waals surface area (Å²) in [6, 6.07) is 4.99. The molecule has 0 aliphatic rings. The van der Waals surface area contributed by atoms with Gasteiger partial charge in [0, 0.05) is 16.6 Å². The summed E-state index contributed by atoms with van der Waals surface area (Å²) in [6.45, 7) is 0. The van der Waals surface area contributed by atoms with E-state index in [0.717, 1.165) is 12.1 Å². The number of benzene rings is 1. The van der Waals surface area contributed by atoms with Gasteiger partial charge in [-0.2, -0.15) is 13.2 Å². The fraction of sp³-hybridized carbons (Fsp3) is 0.182. The molecule has 0 amide bonds. The Hall–Kier alpha value is -1.63. The van der Waals surface area contributed by atoms with E-state index in [-0.39, 0.29) is 5.69 Å². The maximum Gasteiger partial charge on any atom is 0.416 e. The maximum atomic E-state index is 12.4. The van der Waals surface area contributed by atoms with Crippen LogP contribution in [0.15, 0.2) is 39.9 Å². The van der Waals surface area contributed by atoms with Crippen molar-refractivity contribution in [3.63, 3.8) is 0 Å². The molecular weight excluding hydrogens is 265 g/mol. The first-order chi connectivity index (χ1) is 8.47. The summed E-state index contributed by atoms with van der Waals surface area (Å²) in [5, 5.41) is 3.53. The molecule has 0 unspecified atom stereocenters. The summed E-state index contributed by atoms with van der Waals surface area (Å²) >= 11 is 1.30. The van der Waals surface area contributed by atoms with Crippen LogP contribution in [0.5, 0.6) is 0 Å². The fourth-order valence-electron chi connectivity index (χ4n) is 1.32. The number of thioether (sulfide) groups is 1. The lowest BCUT2D eigenvalue weighted by molar-refractivity contribution is -0.137. The molecule has 0 spiro atoms. The first-order valence-electron chi connectivity index (χ1n) is 4.96. The standard InChI is InChI=1S/C11H9F3N2OS/c12-11(13,14)7-1-2-10(9(15)5-7)18-6-8-3-4-16-17-8/h1-5H,6,15H2. The van der Waals surface area contributed by atoms with Crippen LogP contribution in [0, 0.1) is 0 Å². The lowest BCUT2D eigenvalue weighted by atomic mass is 10.2. The number of anilines is 1. The average Bonchev–Trinajstić information content (AvgIpc) is 2.79. The molecule has 2 rings (SSSR count). The minimum atomic E-state index is -4.37. The molecule has 0 radical (unpaired) electrons. The zero-order valence-corrected chi connectivity index (χ0v) is 9.89. The number of nitrogens with two attached hydrogens (primary N) is 1. The molecule has 0 fully saturated rings. The van der Waals surface area contributed by atoms with Crippen LogP contribution in [0.1, 0.15) is 11.3 Å². The molecular formula is C11H9F3N2OS. The number of hydrogen-bond acceptors (Lipinski definition) is 4. The van der Waals surface area contributed by atoms with Crippen LogP contribution in [0.3, 0.4) is 0 Å². The summed E-state index contributed by atoms with van der Waals surface area (Å²) in [5.41, 5.74) is 4.95. The van der Waals surface area contributed by atoms with Crippen molar-refractivity contribution in [2.45, 2.75) is 16.8 Å². The molecule has 18 heavy (non-hydrogen) atoms. The molecule has 0 saturated heterocycles. The van der Waals surface area contributed by atoms with Crippen molar-refractivity contribution < 1.29 is 17.7 Å². The monoisotopic (exact) mass is 274 g/mol. The second-order valence-electron chi connectivity index (χ2n) is 3.52. The molecule has 0 aliphatic carbocycles. The third-order valence-corrected chi connectivity index (χ3v) is 3.31. The van der Waals surface area contributed by atoms with Gasteiger partial charge in [-0.15, -0.1) is 11.8 Å². The average molecular weight is 274 g/mol. The van der Waals surface area contributed by atoms with Gasteiger partial charge in [0.15, 0.2) is 0 Å². The molecule has 0 bridgehead atoms. The van der Waals surface area contributed by atoms with Crippen LogP contribution < -0.4 is 5.73 Å². The van der Waals surface area contributed by atoms with Gasteiger partial charge >= 0.3 is 6.18 Å². The quantitative estimate of drug-likeness (QED) is 0.686. The van der Waals surface area contributed by atoms with E-state index in [1.54, 1.807) is 6.07 Å². The Morgan fingerprint density at radius 3 is 2.61 bits per heavy atom. The van der Waals surface area contributed by atoms with Crippen LogP contribution in [0.25, 0.3) is 0 Å². The summed E-state index contributed by atoms with van der Waals surface area (Å²) < 4.78 is 42.2. The zero-order chi connectivity index (χ0) is 13.2. The number of hydrogen-bond donors (Lipinski definition) is 1. The van der Waals surface area contributed by atoms with Crippen molar-refractivity contribution >= 4 is 17.4 Å². The van der Waals surface area contributed by atoms with Gasteiger partial charge in [0.1, 0.15) is 5.76 Å². The van der Waals surface area contributed by atoms with Crippen LogP contribution in [-0.4, -0.2) is 5.16 Å². The lowest BCUT2D eigenvalue weighted by Crippen LogP contribution is -2.05. The van der Waals surface area contributed by atoms with E-state index >= 15 is 0 Å². The molecule has 2 aromatic rings. The Bertz CT molecular complexity index is 526. The van der Waals surface area contributed by atoms with E-state index in [1.807, 2.05) is 0 Å². The normalized spacial score (nSPS) is 11.7. The Balaban J connectivity index is 2.10. The van der Waals surface area contributed by atoms with Gasteiger partial charge in [-0.25, -0.2) is 0 Å². The molecule has 0 aliphatic heterocycles. The molecule has 0 saturated carbocycles. The van der Waals surface area contributed by atoms with Gasteiger partial charge in [0.2, 0.25) is 0 Å². The van der Waals surface area contributed by atoms with Gasteiger partial charge in [0.25, 0.3) is 0 Å². The number of aromatic nitrogens is 1. The van der Waals surface area contributed by atoms with Crippen molar-refractivity contribution in [2.24, 2.45) is 0 Å². The number of alkyl halides is 3. The Labute approximate surface area is 105 Å². The van der Waals surface area contributed by atoms with Crippen LogP contribution in [-0.2, 0) is 11.9 Å². The fourth-order valence-corrected chi connectivity index (χ4v) is 2.16. The highest BCUT2D eigenvalue weighted by Gasteiger charge is 2.30. The summed E-state index contributed by atoms with van der Waals surface area (Å²) in [5.74, 6) is 1.11. The minimum absolute atomic E-state index is 0.106. The SMILES string of the molecule is Nc1cc(C(F)(F)F)ccc1SCc1ccno1. The highest BCUT2D eigenvalue weighted by molar-refractivity contribution is 7.98. The van der Waals surface area contributed by atoms with Gasteiger partial charge in [0.05, 0.1) is 17.5 Å². The van der Waals surface area contributed by atoms with Crippen molar-refractivity contribution in [1.29, 1.82) is 0 Å². The molecule has 96 valence electrons. The Morgan fingerprint density at radius 1 is 1.28 bits per heavy atom. The van der Waals surface area contributed by atoms with Crippen molar-refractivity contribution in [1.82, 2.24) is 5.16 Å². The molecule has 0 atom stereocenters.